The summed E-state index contributed by atoms with van der Waals surface area (Å²) in [5.41, 5.74) is -0.781. The van der Waals surface area contributed by atoms with Crippen molar-refractivity contribution in [2.45, 2.75) is 16.1 Å². The highest BCUT2D eigenvalue weighted by Crippen LogP contribution is 2.34. The Bertz CT molecular complexity index is 1120. The summed E-state index contributed by atoms with van der Waals surface area (Å²) in [6, 6.07) is 14.4. The number of alkyl halides is 3. The molecule has 1 aromatic heterocycles. The fraction of sp³-hybridized carbons (Fsp3) is 0.0476. The van der Waals surface area contributed by atoms with Crippen LogP contribution in [0, 0.1) is 10.1 Å². The Labute approximate surface area is 178 Å². The zero-order valence-electron chi connectivity index (χ0n) is 15.6. The van der Waals surface area contributed by atoms with Gasteiger partial charge in [-0.05, 0) is 42.0 Å². The first-order valence-corrected chi connectivity index (χ1v) is 9.48. The summed E-state index contributed by atoms with van der Waals surface area (Å²) in [6.07, 6.45) is -1.35. The minimum atomic E-state index is -4.50. The summed E-state index contributed by atoms with van der Waals surface area (Å²) in [7, 11) is 0. The van der Waals surface area contributed by atoms with Crippen molar-refractivity contribution in [1.29, 1.82) is 0 Å². The Kier molecular flexibility index (Phi) is 6.71. The van der Waals surface area contributed by atoms with Crippen molar-refractivity contribution in [2.75, 3.05) is 0 Å². The van der Waals surface area contributed by atoms with Crippen molar-refractivity contribution in [3.05, 3.63) is 94.2 Å². The highest BCUT2D eigenvalue weighted by atomic mass is 32.2. The van der Waals surface area contributed by atoms with Crippen LogP contribution in [0.25, 0.3) is 6.08 Å². The van der Waals surface area contributed by atoms with Gasteiger partial charge in [-0.1, -0.05) is 30.0 Å². The number of carbonyl (C=O) groups is 1. The second kappa shape index (κ2) is 9.43. The van der Waals surface area contributed by atoms with Crippen LogP contribution < -0.4 is 4.74 Å². The van der Waals surface area contributed by atoms with E-state index in [0.29, 0.717) is 22.4 Å². The van der Waals surface area contributed by atoms with Crippen molar-refractivity contribution in [3.63, 3.8) is 0 Å². The molecule has 0 saturated heterocycles. The van der Waals surface area contributed by atoms with Gasteiger partial charge in [0.1, 0.15) is 10.8 Å². The van der Waals surface area contributed by atoms with E-state index in [1.54, 1.807) is 30.3 Å². The number of nitro benzene ring substituents is 1. The number of benzene rings is 2. The summed E-state index contributed by atoms with van der Waals surface area (Å²) in [6.45, 7) is 0. The summed E-state index contributed by atoms with van der Waals surface area (Å²) in [4.78, 5) is 26.8. The fourth-order valence-electron chi connectivity index (χ4n) is 2.39. The Hall–Kier alpha value is -3.66. The van der Waals surface area contributed by atoms with Crippen molar-refractivity contribution in [3.8, 4) is 5.75 Å². The molecule has 0 saturated carbocycles. The van der Waals surface area contributed by atoms with E-state index in [1.807, 2.05) is 0 Å². The fourth-order valence-corrected chi connectivity index (χ4v) is 3.24. The van der Waals surface area contributed by atoms with E-state index in [9.17, 15) is 28.1 Å². The minimum Gasteiger partial charge on any atom is -0.423 e. The van der Waals surface area contributed by atoms with Crippen LogP contribution in [0.5, 0.6) is 5.75 Å². The molecule has 0 bridgehead atoms. The molecule has 0 fully saturated rings. The van der Waals surface area contributed by atoms with Gasteiger partial charge >= 0.3 is 12.1 Å². The molecule has 6 nitrogen and oxygen atoms in total. The molecule has 0 amide bonds. The molecule has 0 aliphatic carbocycles. The van der Waals surface area contributed by atoms with Crippen LogP contribution in [0.2, 0.25) is 0 Å². The average molecular weight is 446 g/mol. The predicted molar refractivity (Wildman–Crippen MR) is 108 cm³/mol. The van der Waals surface area contributed by atoms with Crippen molar-refractivity contribution < 1.29 is 27.6 Å². The lowest BCUT2D eigenvalue weighted by molar-refractivity contribution is -0.384. The van der Waals surface area contributed by atoms with Gasteiger partial charge in [0.25, 0.3) is 5.69 Å². The second-order valence-corrected chi connectivity index (χ2v) is 7.09. The monoisotopic (exact) mass is 446 g/mol. The highest BCUT2D eigenvalue weighted by Gasteiger charge is 2.30. The maximum atomic E-state index is 12.7. The number of non-ortho nitro benzene ring substituents is 1. The third-order valence-corrected chi connectivity index (χ3v) is 4.89. The van der Waals surface area contributed by atoms with E-state index in [-0.39, 0.29) is 10.7 Å². The first-order valence-electron chi connectivity index (χ1n) is 8.67. The summed E-state index contributed by atoms with van der Waals surface area (Å²) >= 11 is 1.01. The first kappa shape index (κ1) is 22.0. The Balaban J connectivity index is 1.83. The number of pyridine rings is 1. The maximum absolute atomic E-state index is 12.7. The van der Waals surface area contributed by atoms with Gasteiger partial charge in [0.15, 0.2) is 0 Å². The number of halogens is 3. The molecular weight excluding hydrogens is 433 g/mol. The van der Waals surface area contributed by atoms with Crippen LogP contribution >= 0.6 is 11.8 Å². The summed E-state index contributed by atoms with van der Waals surface area (Å²) in [5.74, 6) is -0.360. The van der Waals surface area contributed by atoms with E-state index in [2.05, 4.69) is 4.98 Å². The van der Waals surface area contributed by atoms with E-state index in [4.69, 9.17) is 4.74 Å². The van der Waals surface area contributed by atoms with Crippen LogP contribution in [-0.4, -0.2) is 15.9 Å². The van der Waals surface area contributed by atoms with Crippen LogP contribution in [0.3, 0.4) is 0 Å². The van der Waals surface area contributed by atoms with Gasteiger partial charge in [0, 0.05) is 29.3 Å². The van der Waals surface area contributed by atoms with Gasteiger partial charge < -0.3 is 4.74 Å². The first-order chi connectivity index (χ1) is 14.7. The molecule has 158 valence electrons. The van der Waals surface area contributed by atoms with E-state index >= 15 is 0 Å². The predicted octanol–water partition coefficient (Wildman–Crippen LogP) is 5.78. The zero-order chi connectivity index (χ0) is 22.4. The smallest absolute Gasteiger partial charge is 0.417 e. The quantitative estimate of drug-likeness (QED) is 0.157. The van der Waals surface area contributed by atoms with Crippen LogP contribution in [0.4, 0.5) is 18.9 Å². The molecule has 0 radical (unpaired) electrons. The number of nitro groups is 1. The number of carbonyl (C=O) groups excluding carboxylic acids is 1. The second-order valence-electron chi connectivity index (χ2n) is 6.03. The Morgan fingerprint density at radius 2 is 1.84 bits per heavy atom. The largest absolute Gasteiger partial charge is 0.423 e. The van der Waals surface area contributed by atoms with Gasteiger partial charge in [-0.15, -0.1) is 0 Å². The Morgan fingerprint density at radius 1 is 1.10 bits per heavy atom. The number of rotatable bonds is 6. The van der Waals surface area contributed by atoms with Crippen molar-refractivity contribution in [2.24, 2.45) is 0 Å². The molecular formula is C21H13F3N2O4S. The molecule has 0 aliphatic heterocycles. The number of hydrogen-bond acceptors (Lipinski definition) is 6. The highest BCUT2D eigenvalue weighted by molar-refractivity contribution is 7.99. The molecule has 1 heterocycles. The lowest BCUT2D eigenvalue weighted by atomic mass is 10.2. The number of esters is 1. The van der Waals surface area contributed by atoms with Gasteiger partial charge in [0.05, 0.1) is 10.5 Å². The standard InChI is InChI=1S/C21H13F3N2O4S/c22-21(23,24)15-7-10-19(25-13-15)31-18-9-8-16(26(28)29)12-14(18)6-11-20(27)30-17-4-2-1-3-5-17/h1-13H/b11-6+. The van der Waals surface area contributed by atoms with Gasteiger partial charge in [0.2, 0.25) is 0 Å². The number of para-hydroxylation sites is 1. The number of aromatic nitrogens is 1. The van der Waals surface area contributed by atoms with Crippen LogP contribution in [0.15, 0.2) is 82.9 Å². The molecule has 0 N–H and O–H groups in total. The minimum absolute atomic E-state index is 0.208. The normalized spacial score (nSPS) is 11.5. The lowest BCUT2D eigenvalue weighted by Gasteiger charge is -2.08. The molecule has 3 aromatic rings. The Morgan fingerprint density at radius 3 is 2.45 bits per heavy atom. The summed E-state index contributed by atoms with van der Waals surface area (Å²) < 4.78 is 43.2. The van der Waals surface area contributed by atoms with E-state index in [0.717, 1.165) is 23.9 Å². The SMILES string of the molecule is O=C(/C=C/c1cc([N+](=O)[O-])ccc1Sc1ccc(C(F)(F)F)cn1)Oc1ccccc1. The molecule has 0 unspecified atom stereocenters. The van der Waals surface area contributed by atoms with Crippen LogP contribution in [-0.2, 0) is 11.0 Å². The van der Waals surface area contributed by atoms with Gasteiger partial charge in [-0.3, -0.25) is 10.1 Å². The summed E-state index contributed by atoms with van der Waals surface area (Å²) in [5, 5.41) is 11.4. The lowest BCUT2D eigenvalue weighted by Crippen LogP contribution is -2.05. The number of nitrogens with zero attached hydrogens (tertiary/aromatic N) is 2. The molecule has 0 spiro atoms. The zero-order valence-corrected chi connectivity index (χ0v) is 16.4. The molecule has 3 rings (SSSR count). The van der Waals surface area contributed by atoms with Gasteiger partial charge in [-0.25, -0.2) is 9.78 Å². The average Bonchev–Trinajstić information content (AvgIpc) is 2.73. The van der Waals surface area contributed by atoms with E-state index < -0.39 is 22.6 Å². The molecule has 2 aromatic carbocycles. The molecule has 0 atom stereocenters. The maximum Gasteiger partial charge on any atom is 0.417 e. The van der Waals surface area contributed by atoms with Crippen LogP contribution in [0.1, 0.15) is 11.1 Å². The molecule has 10 heteroatoms. The third kappa shape index (κ3) is 6.16. The van der Waals surface area contributed by atoms with Crippen molar-refractivity contribution in [1.82, 2.24) is 4.98 Å². The van der Waals surface area contributed by atoms with Gasteiger partial charge in [-0.2, -0.15) is 13.2 Å². The number of hydrogen-bond donors (Lipinski definition) is 0. The third-order valence-electron chi connectivity index (χ3n) is 3.84. The molecule has 31 heavy (non-hydrogen) atoms. The van der Waals surface area contributed by atoms with Crippen molar-refractivity contribution >= 4 is 29.5 Å². The molecule has 0 aliphatic rings. The van der Waals surface area contributed by atoms with E-state index in [1.165, 1.54) is 30.3 Å². The topological polar surface area (TPSA) is 82.3 Å². The number of ether oxygens (including phenoxy) is 1.